The predicted molar refractivity (Wildman–Crippen MR) is 79.6 cm³/mol. The molecular formula is C15H23N3O2. The van der Waals surface area contributed by atoms with Crippen LogP contribution in [0.4, 0.5) is 0 Å². The lowest BCUT2D eigenvalue weighted by Crippen LogP contribution is -2.32. The predicted octanol–water partition coefficient (Wildman–Crippen LogP) is 0.922. The second-order valence-electron chi connectivity index (χ2n) is 4.43. The Labute approximate surface area is 120 Å². The van der Waals surface area contributed by atoms with E-state index in [2.05, 4.69) is 16.0 Å². The van der Waals surface area contributed by atoms with Crippen molar-refractivity contribution in [3.63, 3.8) is 0 Å². The Morgan fingerprint density at radius 2 is 1.75 bits per heavy atom. The van der Waals surface area contributed by atoms with Gasteiger partial charge in [-0.05, 0) is 25.1 Å². The van der Waals surface area contributed by atoms with Crippen LogP contribution in [0.25, 0.3) is 0 Å². The van der Waals surface area contributed by atoms with Crippen LogP contribution in [0.3, 0.4) is 0 Å². The summed E-state index contributed by atoms with van der Waals surface area (Å²) < 4.78 is 0. The molecule has 1 rings (SSSR count). The van der Waals surface area contributed by atoms with E-state index >= 15 is 0 Å². The molecule has 20 heavy (non-hydrogen) atoms. The van der Waals surface area contributed by atoms with Crippen LogP contribution in [0.1, 0.15) is 30.1 Å². The first-order chi connectivity index (χ1) is 9.74. The standard InChI is InChI=1S/C15H23N3O2/c1-2-16-11-12-17-14(19)9-6-10-18-15(20)13-7-4-3-5-8-13/h3-5,7-8,16H,2,6,9-12H2,1H3,(H,17,19)(H,18,20). The summed E-state index contributed by atoms with van der Waals surface area (Å²) in [7, 11) is 0. The first kappa shape index (κ1) is 16.2. The minimum atomic E-state index is -0.0989. The van der Waals surface area contributed by atoms with Crippen LogP contribution in [0.2, 0.25) is 0 Å². The van der Waals surface area contributed by atoms with Gasteiger partial charge in [-0.25, -0.2) is 0 Å². The Morgan fingerprint density at radius 1 is 1.00 bits per heavy atom. The highest BCUT2D eigenvalue weighted by Crippen LogP contribution is 1.98. The van der Waals surface area contributed by atoms with Crippen molar-refractivity contribution in [1.82, 2.24) is 16.0 Å². The van der Waals surface area contributed by atoms with Gasteiger partial charge >= 0.3 is 0 Å². The summed E-state index contributed by atoms with van der Waals surface area (Å²) in [6, 6.07) is 9.06. The maximum atomic E-state index is 11.7. The molecule has 0 unspecified atom stereocenters. The molecular weight excluding hydrogens is 254 g/mol. The molecule has 0 heterocycles. The number of rotatable bonds is 9. The molecule has 3 N–H and O–H groups in total. The lowest BCUT2D eigenvalue weighted by atomic mass is 10.2. The molecule has 0 aliphatic carbocycles. The Bertz CT molecular complexity index is 407. The van der Waals surface area contributed by atoms with E-state index in [1.54, 1.807) is 12.1 Å². The summed E-state index contributed by atoms with van der Waals surface area (Å²) in [6.45, 7) is 4.86. The van der Waals surface area contributed by atoms with Crippen LogP contribution in [0.5, 0.6) is 0 Å². The van der Waals surface area contributed by atoms with Gasteiger partial charge in [0, 0.05) is 31.6 Å². The molecule has 0 atom stereocenters. The number of carbonyl (C=O) groups excluding carboxylic acids is 2. The molecule has 0 spiro atoms. The molecule has 0 aliphatic heterocycles. The molecule has 0 fully saturated rings. The third-order valence-corrected chi connectivity index (χ3v) is 2.78. The first-order valence-corrected chi connectivity index (χ1v) is 7.04. The van der Waals surface area contributed by atoms with E-state index in [4.69, 9.17) is 0 Å². The van der Waals surface area contributed by atoms with Gasteiger partial charge in [0.05, 0.1) is 0 Å². The van der Waals surface area contributed by atoms with Gasteiger partial charge in [-0.3, -0.25) is 9.59 Å². The van der Waals surface area contributed by atoms with Gasteiger partial charge < -0.3 is 16.0 Å². The minimum Gasteiger partial charge on any atom is -0.355 e. The third kappa shape index (κ3) is 6.89. The van der Waals surface area contributed by atoms with Gasteiger partial charge in [0.1, 0.15) is 0 Å². The van der Waals surface area contributed by atoms with E-state index in [0.717, 1.165) is 13.1 Å². The molecule has 0 saturated carbocycles. The van der Waals surface area contributed by atoms with Crippen LogP contribution >= 0.6 is 0 Å². The molecule has 0 aliphatic rings. The molecule has 0 bridgehead atoms. The molecule has 0 saturated heterocycles. The minimum absolute atomic E-state index is 0.0249. The van der Waals surface area contributed by atoms with Gasteiger partial charge in [-0.1, -0.05) is 25.1 Å². The number of nitrogens with one attached hydrogen (secondary N) is 3. The fourth-order valence-electron chi connectivity index (χ4n) is 1.70. The molecule has 1 aromatic rings. The third-order valence-electron chi connectivity index (χ3n) is 2.78. The maximum absolute atomic E-state index is 11.7. The van der Waals surface area contributed by atoms with Crippen LogP contribution in [-0.4, -0.2) is 38.0 Å². The summed E-state index contributed by atoms with van der Waals surface area (Å²) >= 11 is 0. The van der Waals surface area contributed by atoms with Crippen LogP contribution < -0.4 is 16.0 Å². The zero-order valence-electron chi connectivity index (χ0n) is 11.9. The summed E-state index contributed by atoms with van der Waals surface area (Å²) in [4.78, 5) is 23.2. The highest BCUT2D eigenvalue weighted by atomic mass is 16.2. The van der Waals surface area contributed by atoms with Crippen LogP contribution in [-0.2, 0) is 4.79 Å². The van der Waals surface area contributed by atoms with Crippen molar-refractivity contribution < 1.29 is 9.59 Å². The van der Waals surface area contributed by atoms with E-state index < -0.39 is 0 Å². The van der Waals surface area contributed by atoms with Crippen LogP contribution in [0, 0.1) is 0 Å². The fourth-order valence-corrected chi connectivity index (χ4v) is 1.70. The molecule has 2 amide bonds. The van der Waals surface area contributed by atoms with Gasteiger partial charge in [0.2, 0.25) is 5.91 Å². The second-order valence-corrected chi connectivity index (χ2v) is 4.43. The molecule has 0 aromatic heterocycles. The van der Waals surface area contributed by atoms with E-state index in [0.29, 0.717) is 31.5 Å². The Kier molecular flexibility index (Phi) is 8.07. The van der Waals surface area contributed by atoms with E-state index in [9.17, 15) is 9.59 Å². The maximum Gasteiger partial charge on any atom is 0.251 e. The zero-order valence-corrected chi connectivity index (χ0v) is 11.9. The Balaban J connectivity index is 2.07. The molecule has 0 radical (unpaired) electrons. The smallest absolute Gasteiger partial charge is 0.251 e. The molecule has 1 aromatic carbocycles. The van der Waals surface area contributed by atoms with Crippen LogP contribution in [0.15, 0.2) is 30.3 Å². The van der Waals surface area contributed by atoms with Gasteiger partial charge in [0.15, 0.2) is 0 Å². The number of hydrogen-bond donors (Lipinski definition) is 3. The van der Waals surface area contributed by atoms with Crippen molar-refractivity contribution in [3.05, 3.63) is 35.9 Å². The molecule has 5 nitrogen and oxygen atoms in total. The SMILES string of the molecule is CCNCCNC(=O)CCCNC(=O)c1ccccc1. The molecule has 5 heteroatoms. The van der Waals surface area contributed by atoms with E-state index in [1.807, 2.05) is 25.1 Å². The average molecular weight is 277 g/mol. The van der Waals surface area contributed by atoms with Crippen molar-refractivity contribution in [2.24, 2.45) is 0 Å². The Hall–Kier alpha value is -1.88. The number of carbonyl (C=O) groups is 2. The highest BCUT2D eigenvalue weighted by Gasteiger charge is 2.04. The number of amides is 2. The monoisotopic (exact) mass is 277 g/mol. The highest BCUT2D eigenvalue weighted by molar-refractivity contribution is 5.94. The van der Waals surface area contributed by atoms with E-state index in [-0.39, 0.29) is 11.8 Å². The Morgan fingerprint density at radius 3 is 2.45 bits per heavy atom. The quantitative estimate of drug-likeness (QED) is 0.588. The number of benzene rings is 1. The lowest BCUT2D eigenvalue weighted by molar-refractivity contribution is -0.121. The van der Waals surface area contributed by atoms with Crippen molar-refractivity contribution in [1.29, 1.82) is 0 Å². The van der Waals surface area contributed by atoms with Crippen molar-refractivity contribution in [2.45, 2.75) is 19.8 Å². The summed E-state index contributed by atoms with van der Waals surface area (Å²) in [5, 5.41) is 8.75. The van der Waals surface area contributed by atoms with Crippen molar-refractivity contribution in [3.8, 4) is 0 Å². The second kappa shape index (κ2) is 9.97. The van der Waals surface area contributed by atoms with Gasteiger partial charge in [0.25, 0.3) is 5.91 Å². The summed E-state index contributed by atoms with van der Waals surface area (Å²) in [5.74, 6) is -0.0741. The molecule has 110 valence electrons. The lowest BCUT2D eigenvalue weighted by Gasteiger charge is -2.07. The first-order valence-electron chi connectivity index (χ1n) is 7.04. The average Bonchev–Trinajstić information content (AvgIpc) is 2.49. The topological polar surface area (TPSA) is 70.2 Å². The summed E-state index contributed by atoms with van der Waals surface area (Å²) in [5.41, 5.74) is 0.641. The number of likely N-dealkylation sites (N-methyl/N-ethyl adjacent to an activating group) is 1. The van der Waals surface area contributed by atoms with Crippen molar-refractivity contribution in [2.75, 3.05) is 26.2 Å². The van der Waals surface area contributed by atoms with Gasteiger partial charge in [-0.2, -0.15) is 0 Å². The fraction of sp³-hybridized carbons (Fsp3) is 0.467. The summed E-state index contributed by atoms with van der Waals surface area (Å²) in [6.07, 6.45) is 1.08. The van der Waals surface area contributed by atoms with E-state index in [1.165, 1.54) is 0 Å². The van der Waals surface area contributed by atoms with Crippen molar-refractivity contribution >= 4 is 11.8 Å². The largest absolute Gasteiger partial charge is 0.355 e. The normalized spacial score (nSPS) is 10.1. The zero-order chi connectivity index (χ0) is 14.6. The van der Waals surface area contributed by atoms with Gasteiger partial charge in [-0.15, -0.1) is 0 Å². The number of hydrogen-bond acceptors (Lipinski definition) is 3.